The summed E-state index contributed by atoms with van der Waals surface area (Å²) >= 11 is 0. The van der Waals surface area contributed by atoms with Gasteiger partial charge in [-0.25, -0.2) is 0 Å². The quantitative estimate of drug-likeness (QED) is 0.505. The van der Waals surface area contributed by atoms with Crippen LogP contribution in [-0.2, 0) is 4.79 Å². The minimum atomic E-state index is 0.0266. The Labute approximate surface area is 85.0 Å². The highest BCUT2D eigenvalue weighted by Gasteiger charge is 2.25. The average molecular weight is 192 g/mol. The monoisotopic (exact) mass is 192 g/mol. The molecule has 1 rings (SSSR count). The standard InChI is InChI=1S/C11H16N2O/c1-13(2)8-10(7-12)11(14)9-5-3-4-6-9/h8-9H,3-6H2,1-2H3. The van der Waals surface area contributed by atoms with Gasteiger partial charge < -0.3 is 4.90 Å². The van der Waals surface area contributed by atoms with Gasteiger partial charge >= 0.3 is 0 Å². The van der Waals surface area contributed by atoms with Crippen LogP contribution in [0.4, 0.5) is 0 Å². The van der Waals surface area contributed by atoms with E-state index < -0.39 is 0 Å². The Balaban J connectivity index is 2.70. The number of nitrogens with zero attached hydrogens (tertiary/aromatic N) is 2. The van der Waals surface area contributed by atoms with Crippen LogP contribution in [0.2, 0.25) is 0 Å². The second-order valence-corrected chi connectivity index (χ2v) is 3.96. The molecule has 0 N–H and O–H groups in total. The van der Waals surface area contributed by atoms with Crippen LogP contribution in [0.3, 0.4) is 0 Å². The van der Waals surface area contributed by atoms with Crippen molar-refractivity contribution in [3.05, 3.63) is 11.8 Å². The Hall–Kier alpha value is -1.30. The van der Waals surface area contributed by atoms with Crippen LogP contribution >= 0.6 is 0 Å². The zero-order valence-corrected chi connectivity index (χ0v) is 8.79. The van der Waals surface area contributed by atoms with Gasteiger partial charge in [0.25, 0.3) is 0 Å². The Kier molecular flexibility index (Phi) is 3.70. The van der Waals surface area contributed by atoms with Crippen LogP contribution in [0.25, 0.3) is 0 Å². The van der Waals surface area contributed by atoms with Crippen molar-refractivity contribution in [3.8, 4) is 6.07 Å². The maximum Gasteiger partial charge on any atom is 0.177 e. The number of hydrogen-bond acceptors (Lipinski definition) is 3. The summed E-state index contributed by atoms with van der Waals surface area (Å²) in [6.45, 7) is 0. The average Bonchev–Trinajstić information content (AvgIpc) is 2.65. The fourth-order valence-electron chi connectivity index (χ4n) is 1.81. The van der Waals surface area contributed by atoms with Crippen molar-refractivity contribution < 1.29 is 4.79 Å². The Morgan fingerprint density at radius 3 is 2.43 bits per heavy atom. The molecule has 3 heteroatoms. The molecular weight excluding hydrogens is 176 g/mol. The van der Waals surface area contributed by atoms with Crippen molar-refractivity contribution in [2.24, 2.45) is 5.92 Å². The molecule has 1 aliphatic carbocycles. The molecule has 3 nitrogen and oxygen atoms in total. The zero-order valence-electron chi connectivity index (χ0n) is 8.79. The van der Waals surface area contributed by atoms with Gasteiger partial charge in [-0.2, -0.15) is 5.26 Å². The van der Waals surface area contributed by atoms with Gasteiger partial charge in [-0.3, -0.25) is 4.79 Å². The molecule has 0 heterocycles. The number of Topliss-reactive ketones (excluding diaryl/α,β-unsaturated/α-hetero) is 1. The fraction of sp³-hybridized carbons (Fsp3) is 0.636. The lowest BCUT2D eigenvalue weighted by Gasteiger charge is -2.09. The maximum absolute atomic E-state index is 11.8. The predicted molar refractivity (Wildman–Crippen MR) is 54.3 cm³/mol. The SMILES string of the molecule is CN(C)C=C(C#N)C(=O)C1CCCC1. The molecule has 0 aliphatic heterocycles. The van der Waals surface area contributed by atoms with Crippen LogP contribution in [0.15, 0.2) is 11.8 Å². The summed E-state index contributed by atoms with van der Waals surface area (Å²) in [5, 5.41) is 8.84. The van der Waals surface area contributed by atoms with E-state index in [9.17, 15) is 4.79 Å². The number of nitriles is 1. The minimum Gasteiger partial charge on any atom is -0.382 e. The summed E-state index contributed by atoms with van der Waals surface area (Å²) in [5.74, 6) is 0.125. The van der Waals surface area contributed by atoms with Gasteiger partial charge in [0.15, 0.2) is 5.78 Å². The van der Waals surface area contributed by atoms with Crippen molar-refractivity contribution in [1.82, 2.24) is 4.90 Å². The first-order chi connectivity index (χ1) is 6.65. The van der Waals surface area contributed by atoms with E-state index >= 15 is 0 Å². The summed E-state index contributed by atoms with van der Waals surface area (Å²) in [4.78, 5) is 13.5. The molecule has 1 aliphatic rings. The Morgan fingerprint density at radius 2 is 2.00 bits per heavy atom. The van der Waals surface area contributed by atoms with E-state index in [1.165, 1.54) is 0 Å². The first kappa shape index (κ1) is 10.8. The van der Waals surface area contributed by atoms with Gasteiger partial charge in [0, 0.05) is 26.2 Å². The normalized spacial score (nSPS) is 17.9. The molecule has 0 radical (unpaired) electrons. The highest BCUT2D eigenvalue weighted by atomic mass is 16.1. The van der Waals surface area contributed by atoms with Gasteiger partial charge in [0.1, 0.15) is 11.6 Å². The van der Waals surface area contributed by atoms with E-state index in [1.54, 1.807) is 11.1 Å². The molecule has 76 valence electrons. The van der Waals surface area contributed by atoms with Crippen LogP contribution in [-0.4, -0.2) is 24.8 Å². The molecule has 1 saturated carbocycles. The number of carbonyl (C=O) groups excluding carboxylic acids is 1. The van der Waals surface area contributed by atoms with Gasteiger partial charge in [0.2, 0.25) is 0 Å². The maximum atomic E-state index is 11.8. The van der Waals surface area contributed by atoms with Crippen molar-refractivity contribution in [3.63, 3.8) is 0 Å². The van der Waals surface area contributed by atoms with Gasteiger partial charge in [-0.05, 0) is 12.8 Å². The van der Waals surface area contributed by atoms with E-state index in [2.05, 4.69) is 0 Å². The van der Waals surface area contributed by atoms with E-state index in [0.29, 0.717) is 5.57 Å². The molecule has 0 spiro atoms. The number of ketones is 1. The molecule has 1 fully saturated rings. The summed E-state index contributed by atoms with van der Waals surface area (Å²) in [6, 6.07) is 1.98. The molecule has 0 aromatic heterocycles. The van der Waals surface area contributed by atoms with Gasteiger partial charge in [-0.1, -0.05) is 12.8 Å². The third kappa shape index (κ3) is 2.59. The zero-order chi connectivity index (χ0) is 10.6. The van der Waals surface area contributed by atoms with Gasteiger partial charge in [-0.15, -0.1) is 0 Å². The summed E-state index contributed by atoms with van der Waals surface area (Å²) < 4.78 is 0. The topological polar surface area (TPSA) is 44.1 Å². The van der Waals surface area contributed by atoms with Crippen molar-refractivity contribution in [2.75, 3.05) is 14.1 Å². The van der Waals surface area contributed by atoms with E-state index in [-0.39, 0.29) is 11.7 Å². The third-order valence-electron chi connectivity index (χ3n) is 2.50. The molecular formula is C11H16N2O. The summed E-state index contributed by atoms with van der Waals surface area (Å²) in [7, 11) is 3.64. The molecule has 0 atom stereocenters. The van der Waals surface area contributed by atoms with E-state index in [1.807, 2.05) is 20.2 Å². The first-order valence-corrected chi connectivity index (χ1v) is 4.97. The van der Waals surface area contributed by atoms with Gasteiger partial charge in [0.05, 0.1) is 0 Å². The van der Waals surface area contributed by atoms with Crippen LogP contribution in [0.1, 0.15) is 25.7 Å². The molecule has 0 unspecified atom stereocenters. The van der Waals surface area contributed by atoms with Crippen LogP contribution < -0.4 is 0 Å². The highest BCUT2D eigenvalue weighted by molar-refractivity contribution is 6.00. The molecule has 0 aromatic rings. The smallest absolute Gasteiger partial charge is 0.177 e. The third-order valence-corrected chi connectivity index (χ3v) is 2.50. The number of carbonyl (C=O) groups is 1. The Bertz CT molecular complexity index is 280. The lowest BCUT2D eigenvalue weighted by Crippen LogP contribution is -2.15. The predicted octanol–water partition coefficient (Wildman–Crippen LogP) is 1.71. The van der Waals surface area contributed by atoms with E-state index in [4.69, 9.17) is 5.26 Å². The summed E-state index contributed by atoms with van der Waals surface area (Å²) in [5.41, 5.74) is 0.293. The first-order valence-electron chi connectivity index (χ1n) is 4.97. The lowest BCUT2D eigenvalue weighted by atomic mass is 9.97. The number of allylic oxidation sites excluding steroid dienone is 1. The van der Waals surface area contributed by atoms with Crippen LogP contribution in [0.5, 0.6) is 0 Å². The van der Waals surface area contributed by atoms with E-state index in [0.717, 1.165) is 25.7 Å². The second-order valence-electron chi connectivity index (χ2n) is 3.96. The van der Waals surface area contributed by atoms with Crippen molar-refractivity contribution in [1.29, 1.82) is 5.26 Å². The Morgan fingerprint density at radius 1 is 1.43 bits per heavy atom. The minimum absolute atomic E-state index is 0.0266. The molecule has 14 heavy (non-hydrogen) atoms. The number of rotatable bonds is 3. The second kappa shape index (κ2) is 4.80. The molecule has 0 bridgehead atoms. The largest absolute Gasteiger partial charge is 0.382 e. The lowest BCUT2D eigenvalue weighted by molar-refractivity contribution is -0.118. The number of hydrogen-bond donors (Lipinski definition) is 0. The highest BCUT2D eigenvalue weighted by Crippen LogP contribution is 2.27. The van der Waals surface area contributed by atoms with Crippen molar-refractivity contribution >= 4 is 5.78 Å². The van der Waals surface area contributed by atoms with Crippen molar-refractivity contribution in [2.45, 2.75) is 25.7 Å². The molecule has 0 saturated heterocycles. The molecule has 0 aromatic carbocycles. The fourth-order valence-corrected chi connectivity index (χ4v) is 1.81. The van der Waals surface area contributed by atoms with Crippen LogP contribution in [0, 0.1) is 17.2 Å². The molecule has 0 amide bonds. The summed E-state index contributed by atoms with van der Waals surface area (Å²) in [6.07, 6.45) is 5.76.